The minimum Gasteiger partial charge on any atom is -0.756 e. The van der Waals surface area contributed by atoms with Crippen molar-refractivity contribution in [1.82, 2.24) is 5.32 Å². The van der Waals surface area contributed by atoms with Gasteiger partial charge in [-0.25, -0.2) is 0 Å². The van der Waals surface area contributed by atoms with Crippen molar-refractivity contribution in [2.45, 2.75) is 418 Å². The number of nitrogens with one attached hydrogen (secondary N) is 1. The van der Waals surface area contributed by atoms with E-state index in [-0.39, 0.29) is 12.5 Å². The van der Waals surface area contributed by atoms with E-state index in [1.54, 1.807) is 6.08 Å². The van der Waals surface area contributed by atoms with Gasteiger partial charge < -0.3 is 28.8 Å². The molecular weight excluding hydrogens is 1090 g/mol. The van der Waals surface area contributed by atoms with E-state index in [1.165, 1.54) is 340 Å². The topological polar surface area (TPSA) is 108 Å². The van der Waals surface area contributed by atoms with Crippen molar-refractivity contribution in [2.75, 3.05) is 40.9 Å². The Morgan fingerprint density at radius 3 is 0.931 bits per heavy atom. The molecule has 0 aromatic rings. The Hall–Kier alpha value is -1.28. The number of nitrogens with zero attached hydrogens (tertiary/aromatic N) is 1. The van der Waals surface area contributed by atoms with Crippen LogP contribution < -0.4 is 10.2 Å². The number of carbonyl (C=O) groups is 1. The van der Waals surface area contributed by atoms with Crippen molar-refractivity contribution in [3.8, 4) is 0 Å². The van der Waals surface area contributed by atoms with Crippen LogP contribution in [0.3, 0.4) is 0 Å². The first-order valence-electron chi connectivity index (χ1n) is 38.9. The molecule has 3 atom stereocenters. The lowest BCUT2D eigenvalue weighted by atomic mass is 10.0. The zero-order valence-electron chi connectivity index (χ0n) is 59.3. The highest BCUT2D eigenvalue weighted by atomic mass is 31.2. The van der Waals surface area contributed by atoms with Gasteiger partial charge in [-0.1, -0.05) is 391 Å². The second-order valence-electron chi connectivity index (χ2n) is 28.1. The van der Waals surface area contributed by atoms with E-state index in [2.05, 4.69) is 43.5 Å². The van der Waals surface area contributed by atoms with Crippen LogP contribution in [0, 0.1) is 0 Å². The number of amides is 1. The standard InChI is InChI=1S/C78H153N2O6P/c1-6-8-10-12-14-16-18-20-22-24-26-28-30-32-34-36-38-39-40-41-42-44-46-48-50-52-54-56-58-60-62-64-66-68-70-72-78(82)79-76(75-86-87(83,84)85-74-73-80(3,4)5)77(81)71-69-67-65-63-61-59-57-55-53-51-49-47-45-43-37-35-33-31-29-27-25-23-21-19-17-15-13-11-9-7-2/h53,55,61,63,69,71,76-77,81H,6-52,54,56-60,62,64-68,70,72-75H2,1-5H3,(H-,79,82,83,84)/b55-53+,63-61+,71-69+. The first-order valence-corrected chi connectivity index (χ1v) is 40.3. The number of aliphatic hydroxyl groups excluding tert-OH is 1. The number of phosphoric acid groups is 1. The number of phosphoric ester groups is 1. The molecule has 0 heterocycles. The molecule has 1 amide bonds. The summed E-state index contributed by atoms with van der Waals surface area (Å²) in [5, 5.41) is 14.0. The predicted octanol–water partition coefficient (Wildman–Crippen LogP) is 24.5. The molecular formula is C78H153N2O6P. The third-order valence-electron chi connectivity index (χ3n) is 18.1. The second-order valence-corrected chi connectivity index (χ2v) is 29.5. The molecule has 3 unspecified atom stereocenters. The number of unbranched alkanes of at least 4 members (excludes halogenated alkanes) is 56. The van der Waals surface area contributed by atoms with Crippen LogP contribution in [0.2, 0.25) is 0 Å². The molecule has 0 saturated heterocycles. The van der Waals surface area contributed by atoms with E-state index in [0.717, 1.165) is 44.9 Å². The third-order valence-corrected chi connectivity index (χ3v) is 19.0. The number of allylic oxidation sites excluding steroid dienone is 5. The van der Waals surface area contributed by atoms with Crippen LogP contribution in [0.25, 0.3) is 0 Å². The highest BCUT2D eigenvalue weighted by molar-refractivity contribution is 7.45. The Bertz CT molecular complexity index is 1510. The van der Waals surface area contributed by atoms with Gasteiger partial charge in [-0.3, -0.25) is 9.36 Å². The summed E-state index contributed by atoms with van der Waals surface area (Å²) in [7, 11) is 1.25. The van der Waals surface area contributed by atoms with Crippen LogP contribution >= 0.6 is 7.82 Å². The van der Waals surface area contributed by atoms with Gasteiger partial charge >= 0.3 is 0 Å². The summed E-state index contributed by atoms with van der Waals surface area (Å²) in [4.78, 5) is 25.7. The Morgan fingerprint density at radius 1 is 0.391 bits per heavy atom. The Kier molecular flexibility index (Phi) is 68.1. The summed E-state index contributed by atoms with van der Waals surface area (Å²) in [5.41, 5.74) is 0. The number of rotatable bonds is 73. The molecule has 0 rings (SSSR count). The highest BCUT2D eigenvalue weighted by Crippen LogP contribution is 2.38. The van der Waals surface area contributed by atoms with E-state index in [9.17, 15) is 19.4 Å². The average molecular weight is 1250 g/mol. The molecule has 0 bridgehead atoms. The van der Waals surface area contributed by atoms with Crippen LogP contribution in [0.5, 0.6) is 0 Å². The number of carbonyl (C=O) groups excluding carboxylic acids is 1. The van der Waals surface area contributed by atoms with Crippen LogP contribution in [-0.2, 0) is 18.4 Å². The number of hydrogen-bond donors (Lipinski definition) is 2. The Balaban J connectivity index is 4.01. The van der Waals surface area contributed by atoms with Crippen molar-refractivity contribution in [2.24, 2.45) is 0 Å². The number of quaternary nitrogens is 1. The van der Waals surface area contributed by atoms with Crippen molar-refractivity contribution in [3.63, 3.8) is 0 Å². The van der Waals surface area contributed by atoms with Gasteiger partial charge in [0.25, 0.3) is 7.82 Å². The summed E-state index contributed by atoms with van der Waals surface area (Å²) >= 11 is 0. The van der Waals surface area contributed by atoms with E-state index < -0.39 is 26.6 Å². The largest absolute Gasteiger partial charge is 0.756 e. The quantitative estimate of drug-likeness (QED) is 0.0272. The van der Waals surface area contributed by atoms with Gasteiger partial charge in [0.2, 0.25) is 5.91 Å². The number of aliphatic hydroxyl groups is 1. The molecule has 0 aromatic heterocycles. The Labute approximate surface area is 544 Å². The highest BCUT2D eigenvalue weighted by Gasteiger charge is 2.23. The minimum absolute atomic E-state index is 0.00696. The van der Waals surface area contributed by atoms with E-state index in [4.69, 9.17) is 9.05 Å². The fourth-order valence-electron chi connectivity index (χ4n) is 12.1. The molecule has 0 aliphatic rings. The summed E-state index contributed by atoms with van der Waals surface area (Å²) in [6, 6.07) is -0.910. The van der Waals surface area contributed by atoms with Gasteiger partial charge in [-0.05, 0) is 44.9 Å². The average Bonchev–Trinajstić information content (AvgIpc) is 3.70. The minimum atomic E-state index is -4.62. The normalized spacial score (nSPS) is 13.7. The first-order chi connectivity index (χ1) is 42.5. The zero-order valence-corrected chi connectivity index (χ0v) is 60.2. The van der Waals surface area contributed by atoms with Crippen LogP contribution in [-0.4, -0.2) is 68.5 Å². The van der Waals surface area contributed by atoms with Crippen LogP contribution in [0.1, 0.15) is 406 Å². The molecule has 516 valence electrons. The fourth-order valence-corrected chi connectivity index (χ4v) is 12.8. The summed E-state index contributed by atoms with van der Waals surface area (Å²) < 4.78 is 23.5. The molecule has 0 aromatic carbocycles. The maximum Gasteiger partial charge on any atom is 0.268 e. The number of hydrogen-bond acceptors (Lipinski definition) is 6. The predicted molar refractivity (Wildman–Crippen MR) is 381 cm³/mol. The maximum atomic E-state index is 13.1. The first kappa shape index (κ1) is 85.7. The van der Waals surface area contributed by atoms with E-state index in [0.29, 0.717) is 17.4 Å². The Morgan fingerprint density at radius 2 is 0.644 bits per heavy atom. The van der Waals surface area contributed by atoms with Gasteiger partial charge in [-0.2, -0.15) is 0 Å². The molecule has 0 fully saturated rings. The lowest BCUT2D eigenvalue weighted by Gasteiger charge is -2.29. The molecule has 0 saturated carbocycles. The molecule has 8 nitrogen and oxygen atoms in total. The molecule has 0 aliphatic heterocycles. The molecule has 0 spiro atoms. The monoisotopic (exact) mass is 1250 g/mol. The van der Waals surface area contributed by atoms with Crippen molar-refractivity contribution >= 4 is 13.7 Å². The second kappa shape index (κ2) is 69.1. The summed E-state index contributed by atoms with van der Waals surface area (Å²) in [6.45, 7) is 4.69. The van der Waals surface area contributed by atoms with Gasteiger partial charge in [0.05, 0.1) is 39.9 Å². The van der Waals surface area contributed by atoms with Gasteiger partial charge in [0.15, 0.2) is 0 Å². The van der Waals surface area contributed by atoms with Crippen molar-refractivity contribution < 1.29 is 32.9 Å². The SMILES string of the molecule is CCCCCCCCCCCCCCCCCCCCCC/C=C/CC/C=C/CC/C=C/C(O)C(COP(=O)([O-])OCC[N+](C)(C)C)NC(=O)CCCCCCCCCCCCCCCCCCCCCCCCCCCCCCCCCCCCC. The lowest BCUT2D eigenvalue weighted by molar-refractivity contribution is -0.870. The zero-order chi connectivity index (χ0) is 63.4. The lowest BCUT2D eigenvalue weighted by Crippen LogP contribution is -2.45. The molecule has 0 radical (unpaired) electrons. The van der Waals surface area contributed by atoms with Crippen LogP contribution in [0.15, 0.2) is 36.5 Å². The van der Waals surface area contributed by atoms with Crippen molar-refractivity contribution in [3.05, 3.63) is 36.5 Å². The van der Waals surface area contributed by atoms with Crippen LogP contribution in [0.4, 0.5) is 0 Å². The molecule has 2 N–H and O–H groups in total. The summed E-state index contributed by atoms with van der Waals surface area (Å²) in [5.74, 6) is -0.202. The molecule has 0 aliphatic carbocycles. The van der Waals surface area contributed by atoms with Gasteiger partial charge in [-0.15, -0.1) is 0 Å². The van der Waals surface area contributed by atoms with Crippen molar-refractivity contribution in [1.29, 1.82) is 0 Å². The van der Waals surface area contributed by atoms with Gasteiger partial charge in [0, 0.05) is 6.42 Å². The maximum absolute atomic E-state index is 13.1. The molecule has 9 heteroatoms. The van der Waals surface area contributed by atoms with E-state index >= 15 is 0 Å². The van der Waals surface area contributed by atoms with Gasteiger partial charge in [0.1, 0.15) is 13.2 Å². The fraction of sp³-hybridized carbons (Fsp3) is 0.910. The third kappa shape index (κ3) is 72.0. The summed E-state index contributed by atoms with van der Waals surface area (Å²) in [6.07, 6.45) is 93.2. The molecule has 87 heavy (non-hydrogen) atoms. The number of likely N-dealkylation sites (N-methyl/N-ethyl adjacent to an activating group) is 1. The van der Waals surface area contributed by atoms with E-state index in [1.807, 2.05) is 27.2 Å². The smallest absolute Gasteiger partial charge is 0.268 e.